The van der Waals surface area contributed by atoms with Crippen molar-refractivity contribution >= 4 is 5.97 Å². The largest absolute Gasteiger partial charge is 0.460 e. The fourth-order valence-electron chi connectivity index (χ4n) is 4.08. The van der Waals surface area contributed by atoms with Gasteiger partial charge in [0.15, 0.2) is 0 Å². The Labute approximate surface area is 194 Å². The molecule has 4 rings (SSSR count). The third-order valence-electron chi connectivity index (χ3n) is 5.70. The number of hydrogen-bond donors (Lipinski definition) is 2. The molecule has 0 radical (unpaired) electrons. The molecule has 4 aromatic rings. The van der Waals surface area contributed by atoms with Crippen molar-refractivity contribution in [2.24, 2.45) is 0 Å². The third kappa shape index (κ3) is 5.03. The van der Waals surface area contributed by atoms with Gasteiger partial charge in [-0.2, -0.15) is 0 Å². The van der Waals surface area contributed by atoms with Crippen LogP contribution >= 0.6 is 0 Å². The van der Waals surface area contributed by atoms with Crippen molar-refractivity contribution in [3.05, 3.63) is 144 Å². The highest BCUT2D eigenvalue weighted by Gasteiger charge is 2.40. The average Bonchev–Trinajstić information content (AvgIpc) is 2.90. The Hall–Kier alpha value is -3.73. The zero-order valence-electron chi connectivity index (χ0n) is 18.3. The summed E-state index contributed by atoms with van der Waals surface area (Å²) < 4.78 is 5.57. The van der Waals surface area contributed by atoms with Gasteiger partial charge in [-0.1, -0.05) is 121 Å². The summed E-state index contributed by atoms with van der Waals surface area (Å²) in [5.74, 6) is -0.506. The van der Waals surface area contributed by atoms with E-state index in [1.54, 1.807) is 0 Å². The molecule has 4 aromatic carbocycles. The Morgan fingerprint density at radius 3 is 1.48 bits per heavy atom. The quantitative estimate of drug-likeness (QED) is 0.295. The van der Waals surface area contributed by atoms with Gasteiger partial charge < -0.3 is 9.84 Å². The van der Waals surface area contributed by atoms with E-state index in [0.717, 1.165) is 22.3 Å². The molecule has 0 unspecified atom stereocenters. The number of ether oxygens (including phenoxy) is 1. The van der Waals surface area contributed by atoms with Gasteiger partial charge in [0, 0.05) is 0 Å². The van der Waals surface area contributed by atoms with Gasteiger partial charge in [0.25, 0.3) is 0 Å². The zero-order chi connectivity index (χ0) is 22.9. The second kappa shape index (κ2) is 10.7. The van der Waals surface area contributed by atoms with Crippen molar-refractivity contribution in [3.63, 3.8) is 0 Å². The van der Waals surface area contributed by atoms with Crippen LogP contribution in [-0.2, 0) is 21.7 Å². The molecule has 0 bridgehead atoms. The standard InChI is InChI=1S/C29H27NO3/c31-21-27(28(32)33-22-23-13-5-1-6-14-23)30-29(24-15-7-2-8-16-24,25-17-9-3-10-18-25)26-19-11-4-12-20-26/h1-20,27,30-31H,21-22H2/t27-/m0/s1. The predicted molar refractivity (Wildman–Crippen MR) is 129 cm³/mol. The van der Waals surface area contributed by atoms with Crippen LogP contribution < -0.4 is 5.32 Å². The van der Waals surface area contributed by atoms with E-state index in [2.05, 4.69) is 5.32 Å². The lowest BCUT2D eigenvalue weighted by molar-refractivity contribution is -0.149. The van der Waals surface area contributed by atoms with Crippen LogP contribution in [0.5, 0.6) is 0 Å². The molecule has 0 heterocycles. The second-order valence-electron chi connectivity index (χ2n) is 7.82. The van der Waals surface area contributed by atoms with Crippen molar-refractivity contribution in [1.29, 1.82) is 0 Å². The Morgan fingerprint density at radius 2 is 1.09 bits per heavy atom. The van der Waals surface area contributed by atoms with Gasteiger partial charge in [-0.15, -0.1) is 0 Å². The van der Waals surface area contributed by atoms with Crippen molar-refractivity contribution in [3.8, 4) is 0 Å². The number of benzene rings is 4. The Kier molecular flexibility index (Phi) is 7.30. The fourth-order valence-corrected chi connectivity index (χ4v) is 4.08. The van der Waals surface area contributed by atoms with Gasteiger partial charge in [-0.05, 0) is 22.3 Å². The summed E-state index contributed by atoms with van der Waals surface area (Å²) in [4.78, 5) is 13.1. The number of nitrogens with one attached hydrogen (secondary N) is 1. The van der Waals surface area contributed by atoms with Gasteiger partial charge in [0.2, 0.25) is 0 Å². The summed E-state index contributed by atoms with van der Waals surface area (Å²) in [5.41, 5.74) is 2.89. The van der Waals surface area contributed by atoms with E-state index in [1.807, 2.05) is 121 Å². The summed E-state index contributed by atoms with van der Waals surface area (Å²) in [7, 11) is 0. The second-order valence-corrected chi connectivity index (χ2v) is 7.82. The van der Waals surface area contributed by atoms with Crippen LogP contribution in [-0.4, -0.2) is 23.7 Å². The average molecular weight is 438 g/mol. The molecule has 1 atom stereocenters. The molecule has 0 aliphatic heterocycles. The summed E-state index contributed by atoms with van der Waals surface area (Å²) in [6.07, 6.45) is 0. The number of carbonyl (C=O) groups is 1. The first kappa shape index (κ1) is 22.5. The van der Waals surface area contributed by atoms with E-state index in [1.165, 1.54) is 0 Å². The smallest absolute Gasteiger partial charge is 0.325 e. The number of rotatable bonds is 9. The number of aliphatic hydroxyl groups excluding tert-OH is 1. The normalized spacial score (nSPS) is 12.2. The Balaban J connectivity index is 1.75. The number of esters is 1. The first-order valence-corrected chi connectivity index (χ1v) is 11.0. The lowest BCUT2D eigenvalue weighted by atomic mass is 9.76. The summed E-state index contributed by atoms with van der Waals surface area (Å²) in [5, 5.41) is 13.7. The minimum absolute atomic E-state index is 0.146. The number of aliphatic hydroxyl groups is 1. The van der Waals surface area contributed by atoms with Gasteiger partial charge in [-0.25, -0.2) is 0 Å². The van der Waals surface area contributed by atoms with Crippen molar-refractivity contribution in [2.45, 2.75) is 18.2 Å². The van der Waals surface area contributed by atoms with Gasteiger partial charge in [0.05, 0.1) is 12.1 Å². The minimum Gasteiger partial charge on any atom is -0.460 e. The molecular formula is C29H27NO3. The van der Waals surface area contributed by atoms with Gasteiger partial charge >= 0.3 is 5.97 Å². The minimum atomic E-state index is -0.936. The number of hydrogen-bond acceptors (Lipinski definition) is 4. The van der Waals surface area contributed by atoms with Crippen LogP contribution in [0.3, 0.4) is 0 Å². The zero-order valence-corrected chi connectivity index (χ0v) is 18.3. The number of carbonyl (C=O) groups excluding carboxylic acids is 1. The molecule has 4 nitrogen and oxygen atoms in total. The first-order valence-electron chi connectivity index (χ1n) is 11.0. The van der Waals surface area contributed by atoms with E-state index in [-0.39, 0.29) is 6.61 Å². The molecule has 0 saturated heterocycles. The topological polar surface area (TPSA) is 58.6 Å². The summed E-state index contributed by atoms with van der Waals surface area (Å²) in [6.45, 7) is -0.255. The molecule has 0 aliphatic carbocycles. The molecule has 0 aromatic heterocycles. The third-order valence-corrected chi connectivity index (χ3v) is 5.70. The van der Waals surface area contributed by atoms with E-state index in [4.69, 9.17) is 4.74 Å². The summed E-state index contributed by atoms with van der Waals surface area (Å²) >= 11 is 0. The van der Waals surface area contributed by atoms with Crippen LogP contribution in [0.1, 0.15) is 22.3 Å². The molecule has 0 fully saturated rings. The van der Waals surface area contributed by atoms with E-state index in [0.29, 0.717) is 0 Å². The fraction of sp³-hybridized carbons (Fsp3) is 0.138. The lowest BCUT2D eigenvalue weighted by Crippen LogP contribution is -2.54. The Morgan fingerprint density at radius 1 is 0.697 bits per heavy atom. The van der Waals surface area contributed by atoms with E-state index < -0.39 is 24.2 Å². The highest BCUT2D eigenvalue weighted by atomic mass is 16.5. The van der Waals surface area contributed by atoms with Crippen molar-refractivity contribution < 1.29 is 14.6 Å². The predicted octanol–water partition coefficient (Wildman–Crippen LogP) is 4.67. The lowest BCUT2D eigenvalue weighted by Gasteiger charge is -2.39. The molecule has 0 spiro atoms. The van der Waals surface area contributed by atoms with Crippen LogP contribution in [0.2, 0.25) is 0 Å². The maximum atomic E-state index is 13.1. The highest BCUT2D eigenvalue weighted by molar-refractivity contribution is 5.76. The van der Waals surface area contributed by atoms with Crippen LogP contribution in [0.4, 0.5) is 0 Å². The molecule has 0 aliphatic rings. The maximum Gasteiger partial charge on any atom is 0.325 e. The molecule has 33 heavy (non-hydrogen) atoms. The highest BCUT2D eigenvalue weighted by Crippen LogP contribution is 2.37. The SMILES string of the molecule is O=C(OCc1ccccc1)[C@H](CO)NC(c1ccccc1)(c1ccccc1)c1ccccc1. The molecule has 0 amide bonds. The molecule has 2 N–H and O–H groups in total. The Bertz CT molecular complexity index is 1040. The van der Waals surface area contributed by atoms with Crippen LogP contribution in [0, 0.1) is 0 Å². The van der Waals surface area contributed by atoms with E-state index >= 15 is 0 Å². The van der Waals surface area contributed by atoms with Crippen molar-refractivity contribution in [1.82, 2.24) is 5.32 Å². The van der Waals surface area contributed by atoms with Crippen molar-refractivity contribution in [2.75, 3.05) is 6.61 Å². The molecule has 166 valence electrons. The maximum absolute atomic E-state index is 13.1. The summed E-state index contributed by atoms with van der Waals surface area (Å²) in [6, 6.07) is 38.4. The van der Waals surface area contributed by atoms with Gasteiger partial charge in [0.1, 0.15) is 12.6 Å². The van der Waals surface area contributed by atoms with Crippen LogP contribution in [0.15, 0.2) is 121 Å². The van der Waals surface area contributed by atoms with Crippen LogP contribution in [0.25, 0.3) is 0 Å². The monoisotopic (exact) mass is 437 g/mol. The van der Waals surface area contributed by atoms with E-state index in [9.17, 15) is 9.90 Å². The van der Waals surface area contributed by atoms with Gasteiger partial charge in [-0.3, -0.25) is 10.1 Å². The molecule has 0 saturated carbocycles. The molecular weight excluding hydrogens is 410 g/mol. The molecule has 4 heteroatoms. The first-order chi connectivity index (χ1) is 16.2.